The Labute approximate surface area is 77.7 Å². The minimum absolute atomic E-state index is 0.0903. The molecule has 0 fully saturated rings. The smallest absolute Gasteiger partial charge is 0.321 e. The zero-order valence-corrected chi connectivity index (χ0v) is 7.45. The van der Waals surface area contributed by atoms with Crippen LogP contribution in [-0.4, -0.2) is 0 Å². The summed E-state index contributed by atoms with van der Waals surface area (Å²) in [6.45, 7) is 3.35. The van der Waals surface area contributed by atoms with Crippen LogP contribution in [0, 0.1) is 0 Å². The van der Waals surface area contributed by atoms with Crippen molar-refractivity contribution in [3.05, 3.63) is 34.5 Å². The van der Waals surface area contributed by atoms with Gasteiger partial charge in [0, 0.05) is 6.04 Å². The van der Waals surface area contributed by atoms with E-state index < -0.39 is 17.1 Å². The van der Waals surface area contributed by atoms with Crippen LogP contribution in [0.25, 0.3) is 0 Å². The minimum Gasteiger partial charge on any atom is -0.321 e. The van der Waals surface area contributed by atoms with Gasteiger partial charge in [-0.2, -0.15) is 13.2 Å². The molecule has 0 aliphatic heterocycles. The molecule has 0 unspecified atom stereocenters. The first kappa shape index (κ1) is 10.3. The predicted molar refractivity (Wildman–Crippen MR) is 46.4 cm³/mol. The van der Waals surface area contributed by atoms with Gasteiger partial charge in [0.15, 0.2) is 0 Å². The average molecular weight is 207 g/mol. The van der Waals surface area contributed by atoms with Gasteiger partial charge in [0.05, 0.1) is 0 Å². The predicted octanol–water partition coefficient (Wildman–Crippen LogP) is 2.95. The van der Waals surface area contributed by atoms with E-state index in [0.29, 0.717) is 11.3 Å². The fraction of sp³-hybridized carbons (Fsp3) is 0.250. The second-order valence-corrected chi connectivity index (χ2v) is 3.38. The van der Waals surface area contributed by atoms with Gasteiger partial charge in [-0.25, -0.2) is 0 Å². The Kier molecular flexibility index (Phi) is 2.77. The highest BCUT2D eigenvalue weighted by Crippen LogP contribution is 2.38. The first-order valence-electron chi connectivity index (χ1n) is 3.49. The van der Waals surface area contributed by atoms with Gasteiger partial charge >= 0.3 is 6.18 Å². The second kappa shape index (κ2) is 3.51. The molecule has 0 bridgehead atoms. The maximum absolute atomic E-state index is 12.3. The van der Waals surface area contributed by atoms with Gasteiger partial charge in [0.2, 0.25) is 0 Å². The van der Waals surface area contributed by atoms with Crippen LogP contribution in [0.1, 0.15) is 16.5 Å². The molecule has 1 aromatic rings. The summed E-state index contributed by atoms with van der Waals surface area (Å²) in [6.07, 6.45) is -3.03. The Morgan fingerprint density at radius 1 is 1.54 bits per heavy atom. The standard InChI is InChI=1S/C8H8F3NS/c1-2-6(12)5-3-4-13-7(5)8(9,10)11/h2-4,6H,1,12H2/t6-/m0/s1. The lowest BCUT2D eigenvalue weighted by atomic mass is 10.1. The van der Waals surface area contributed by atoms with Gasteiger partial charge < -0.3 is 5.73 Å². The largest absolute Gasteiger partial charge is 0.425 e. The number of thiophene rings is 1. The van der Waals surface area contributed by atoms with E-state index in [9.17, 15) is 13.2 Å². The lowest BCUT2D eigenvalue weighted by molar-refractivity contribution is -0.135. The molecule has 0 aliphatic carbocycles. The van der Waals surface area contributed by atoms with E-state index in [2.05, 4.69) is 6.58 Å². The molecule has 1 aromatic heterocycles. The minimum atomic E-state index is -4.32. The molecule has 2 N–H and O–H groups in total. The van der Waals surface area contributed by atoms with E-state index >= 15 is 0 Å². The third kappa shape index (κ3) is 2.10. The number of hydrogen-bond donors (Lipinski definition) is 1. The van der Waals surface area contributed by atoms with Crippen molar-refractivity contribution in [1.82, 2.24) is 0 Å². The van der Waals surface area contributed by atoms with E-state index in [4.69, 9.17) is 5.73 Å². The number of halogens is 3. The van der Waals surface area contributed by atoms with Crippen LogP contribution in [0.15, 0.2) is 24.1 Å². The molecule has 1 atom stereocenters. The highest BCUT2D eigenvalue weighted by atomic mass is 32.1. The molecule has 0 aliphatic rings. The van der Waals surface area contributed by atoms with Crippen molar-refractivity contribution in [3.8, 4) is 0 Å². The van der Waals surface area contributed by atoms with Crippen LogP contribution in [0.5, 0.6) is 0 Å². The fourth-order valence-corrected chi connectivity index (χ4v) is 1.76. The molecule has 0 aromatic carbocycles. The zero-order valence-electron chi connectivity index (χ0n) is 6.64. The van der Waals surface area contributed by atoms with E-state index in [0.717, 1.165) is 0 Å². The summed E-state index contributed by atoms with van der Waals surface area (Å²) >= 11 is 0.647. The topological polar surface area (TPSA) is 26.0 Å². The summed E-state index contributed by atoms with van der Waals surface area (Å²) < 4.78 is 36.9. The maximum atomic E-state index is 12.3. The molecule has 1 heterocycles. The van der Waals surface area contributed by atoms with Gasteiger partial charge in [-0.3, -0.25) is 0 Å². The van der Waals surface area contributed by atoms with E-state index in [-0.39, 0.29) is 5.56 Å². The molecular formula is C8H8F3NS. The highest BCUT2D eigenvalue weighted by Gasteiger charge is 2.35. The fourth-order valence-electron chi connectivity index (χ4n) is 0.939. The average Bonchev–Trinajstić information content (AvgIpc) is 2.49. The summed E-state index contributed by atoms with van der Waals surface area (Å²) in [4.78, 5) is -0.639. The van der Waals surface area contributed by atoms with Gasteiger partial charge in [-0.1, -0.05) is 6.08 Å². The molecule has 0 radical (unpaired) electrons. The van der Waals surface area contributed by atoms with Crippen LogP contribution < -0.4 is 5.73 Å². The van der Waals surface area contributed by atoms with Gasteiger partial charge in [0.1, 0.15) is 4.88 Å². The molecule has 0 spiro atoms. The van der Waals surface area contributed by atoms with Crippen molar-refractivity contribution in [2.45, 2.75) is 12.2 Å². The molecule has 72 valence electrons. The Hall–Kier alpha value is -0.810. The van der Waals surface area contributed by atoms with Crippen molar-refractivity contribution >= 4 is 11.3 Å². The molecule has 5 heteroatoms. The lowest BCUT2D eigenvalue weighted by Crippen LogP contribution is -2.12. The van der Waals surface area contributed by atoms with Crippen LogP contribution in [0.4, 0.5) is 13.2 Å². The summed E-state index contributed by atoms with van der Waals surface area (Å²) in [5, 5.41) is 1.38. The summed E-state index contributed by atoms with van der Waals surface area (Å²) in [6, 6.07) is 0.627. The van der Waals surface area contributed by atoms with Crippen LogP contribution in [0.2, 0.25) is 0 Å². The van der Waals surface area contributed by atoms with Crippen molar-refractivity contribution < 1.29 is 13.2 Å². The van der Waals surface area contributed by atoms with Gasteiger partial charge in [0.25, 0.3) is 0 Å². The van der Waals surface area contributed by atoms with Gasteiger partial charge in [-0.05, 0) is 17.0 Å². The van der Waals surface area contributed by atoms with Crippen molar-refractivity contribution in [3.63, 3.8) is 0 Å². The van der Waals surface area contributed by atoms with Crippen LogP contribution >= 0.6 is 11.3 Å². The molecule has 1 nitrogen and oxygen atoms in total. The SMILES string of the molecule is C=C[C@H](N)c1ccsc1C(F)(F)F. The Morgan fingerprint density at radius 3 is 2.62 bits per heavy atom. The second-order valence-electron chi connectivity index (χ2n) is 2.46. The zero-order chi connectivity index (χ0) is 10.1. The first-order chi connectivity index (χ1) is 5.96. The van der Waals surface area contributed by atoms with E-state index in [1.807, 2.05) is 0 Å². The van der Waals surface area contributed by atoms with Crippen LogP contribution in [-0.2, 0) is 6.18 Å². The Balaban J connectivity index is 3.10. The third-order valence-corrected chi connectivity index (χ3v) is 2.54. The molecule has 0 amide bonds. The van der Waals surface area contributed by atoms with Gasteiger partial charge in [-0.15, -0.1) is 17.9 Å². The summed E-state index contributed by atoms with van der Waals surface area (Å²) in [5.74, 6) is 0. The molecular weight excluding hydrogens is 199 g/mol. The normalized spacial score (nSPS) is 14.2. The van der Waals surface area contributed by atoms with Crippen LogP contribution in [0.3, 0.4) is 0 Å². The molecule has 0 saturated heterocycles. The number of hydrogen-bond acceptors (Lipinski definition) is 2. The van der Waals surface area contributed by atoms with Crippen molar-refractivity contribution in [2.75, 3.05) is 0 Å². The maximum Gasteiger partial charge on any atom is 0.425 e. The highest BCUT2D eigenvalue weighted by molar-refractivity contribution is 7.10. The molecule has 13 heavy (non-hydrogen) atoms. The lowest BCUT2D eigenvalue weighted by Gasteiger charge is -2.10. The van der Waals surface area contributed by atoms with Crippen molar-refractivity contribution in [2.24, 2.45) is 5.73 Å². The monoisotopic (exact) mass is 207 g/mol. The summed E-state index contributed by atoms with van der Waals surface area (Å²) in [7, 11) is 0. The van der Waals surface area contributed by atoms with E-state index in [1.54, 1.807) is 0 Å². The third-order valence-electron chi connectivity index (χ3n) is 1.57. The first-order valence-corrected chi connectivity index (χ1v) is 4.37. The molecule has 0 saturated carbocycles. The van der Waals surface area contributed by atoms with Crippen molar-refractivity contribution in [1.29, 1.82) is 0 Å². The Bertz CT molecular complexity index is 303. The summed E-state index contributed by atoms with van der Waals surface area (Å²) in [5.41, 5.74) is 5.52. The Morgan fingerprint density at radius 2 is 2.15 bits per heavy atom. The molecule has 1 rings (SSSR count). The number of nitrogens with two attached hydrogens (primary N) is 1. The number of rotatable bonds is 2. The van der Waals surface area contributed by atoms with E-state index in [1.165, 1.54) is 17.5 Å². The number of alkyl halides is 3. The quantitative estimate of drug-likeness (QED) is 0.741.